The number of carbonyl (C=O) groups is 1. The Bertz CT molecular complexity index is 373. The molecular formula is C11H18ClN3O. The summed E-state index contributed by atoms with van der Waals surface area (Å²) in [4.78, 5) is 11.9. The van der Waals surface area contributed by atoms with Crippen LogP contribution in [0.3, 0.4) is 0 Å². The van der Waals surface area contributed by atoms with Crippen molar-refractivity contribution in [3.8, 4) is 0 Å². The second kappa shape index (κ2) is 5.37. The van der Waals surface area contributed by atoms with Gasteiger partial charge in [0.2, 0.25) is 0 Å². The van der Waals surface area contributed by atoms with E-state index in [0.29, 0.717) is 17.3 Å². The number of carbonyl (C=O) groups excluding carboxylic acids is 1. The predicted molar refractivity (Wildman–Crippen MR) is 65.8 cm³/mol. The number of rotatable bonds is 4. The maximum absolute atomic E-state index is 11.9. The van der Waals surface area contributed by atoms with Crippen molar-refractivity contribution >= 4 is 17.5 Å². The molecule has 1 atom stereocenters. The largest absolute Gasteiger partial charge is 0.347 e. The van der Waals surface area contributed by atoms with Crippen molar-refractivity contribution in [1.29, 1.82) is 0 Å². The Kier molecular flexibility index (Phi) is 4.38. The van der Waals surface area contributed by atoms with E-state index in [-0.39, 0.29) is 18.0 Å². The molecule has 0 radical (unpaired) electrons. The number of nitrogens with one attached hydrogen (secondary N) is 1. The van der Waals surface area contributed by atoms with Gasteiger partial charge < -0.3 is 15.6 Å². The molecule has 3 N–H and O–H groups in total. The summed E-state index contributed by atoms with van der Waals surface area (Å²) >= 11 is 5.90. The molecule has 0 bridgehead atoms. The summed E-state index contributed by atoms with van der Waals surface area (Å²) < 4.78 is 1.85. The van der Waals surface area contributed by atoms with Gasteiger partial charge in [-0.05, 0) is 26.8 Å². The van der Waals surface area contributed by atoms with Gasteiger partial charge in [-0.1, -0.05) is 11.6 Å². The summed E-state index contributed by atoms with van der Waals surface area (Å²) in [7, 11) is 0. The van der Waals surface area contributed by atoms with Crippen LogP contribution in [0.2, 0.25) is 5.02 Å². The lowest BCUT2D eigenvalue weighted by Gasteiger charge is -2.15. The standard InChI is InChI=1S/C11H18ClN3O/c1-7(2)15-6-9(12)4-10(15)11(16)14-8(3)5-13/h4,6-8H,5,13H2,1-3H3,(H,14,16)/t8-/m1/s1. The molecule has 0 aliphatic carbocycles. The van der Waals surface area contributed by atoms with Crippen molar-refractivity contribution in [1.82, 2.24) is 9.88 Å². The summed E-state index contributed by atoms with van der Waals surface area (Å²) in [6, 6.07) is 1.82. The van der Waals surface area contributed by atoms with E-state index in [0.717, 1.165) is 0 Å². The third-order valence-electron chi connectivity index (χ3n) is 2.34. The molecule has 0 saturated carbocycles. The Morgan fingerprint density at radius 3 is 2.69 bits per heavy atom. The van der Waals surface area contributed by atoms with Crippen LogP contribution in [0.4, 0.5) is 0 Å². The van der Waals surface area contributed by atoms with Gasteiger partial charge in [0.25, 0.3) is 5.91 Å². The van der Waals surface area contributed by atoms with Crippen LogP contribution in [0.15, 0.2) is 12.3 Å². The molecule has 5 heteroatoms. The lowest BCUT2D eigenvalue weighted by molar-refractivity contribution is 0.0930. The summed E-state index contributed by atoms with van der Waals surface area (Å²) in [5.41, 5.74) is 6.02. The van der Waals surface area contributed by atoms with Crippen LogP contribution < -0.4 is 11.1 Å². The average Bonchev–Trinajstić information content (AvgIpc) is 2.60. The van der Waals surface area contributed by atoms with Crippen molar-refractivity contribution in [2.45, 2.75) is 32.9 Å². The molecule has 1 aromatic heterocycles. The number of hydrogen-bond donors (Lipinski definition) is 2. The zero-order valence-electron chi connectivity index (χ0n) is 9.83. The zero-order valence-corrected chi connectivity index (χ0v) is 10.6. The minimum absolute atomic E-state index is 0.0400. The van der Waals surface area contributed by atoms with Crippen molar-refractivity contribution in [2.24, 2.45) is 5.73 Å². The zero-order chi connectivity index (χ0) is 12.3. The van der Waals surface area contributed by atoms with Crippen molar-refractivity contribution in [3.63, 3.8) is 0 Å². The summed E-state index contributed by atoms with van der Waals surface area (Å²) in [6.45, 7) is 6.28. The van der Waals surface area contributed by atoms with Gasteiger partial charge in [-0.25, -0.2) is 0 Å². The molecule has 0 fully saturated rings. The smallest absolute Gasteiger partial charge is 0.268 e. The van der Waals surface area contributed by atoms with E-state index >= 15 is 0 Å². The van der Waals surface area contributed by atoms with E-state index in [1.807, 2.05) is 25.3 Å². The van der Waals surface area contributed by atoms with Gasteiger partial charge in [0.1, 0.15) is 5.69 Å². The van der Waals surface area contributed by atoms with E-state index < -0.39 is 0 Å². The molecule has 0 aliphatic heterocycles. The molecular weight excluding hydrogens is 226 g/mol. The summed E-state index contributed by atoms with van der Waals surface area (Å²) in [5, 5.41) is 3.38. The molecule has 0 unspecified atom stereocenters. The number of nitrogens with zero attached hydrogens (tertiary/aromatic N) is 1. The Morgan fingerprint density at radius 2 is 2.19 bits per heavy atom. The van der Waals surface area contributed by atoms with E-state index in [2.05, 4.69) is 5.32 Å². The Balaban J connectivity index is 2.90. The van der Waals surface area contributed by atoms with E-state index in [9.17, 15) is 4.79 Å². The first-order valence-corrected chi connectivity index (χ1v) is 5.71. The molecule has 1 heterocycles. The highest BCUT2D eigenvalue weighted by Crippen LogP contribution is 2.18. The molecule has 0 aromatic carbocycles. The molecule has 0 spiro atoms. The van der Waals surface area contributed by atoms with Gasteiger partial charge in [0, 0.05) is 24.8 Å². The maximum Gasteiger partial charge on any atom is 0.268 e. The van der Waals surface area contributed by atoms with E-state index in [1.165, 1.54) is 0 Å². The third-order valence-corrected chi connectivity index (χ3v) is 2.54. The lowest BCUT2D eigenvalue weighted by atomic mass is 10.3. The van der Waals surface area contributed by atoms with Crippen LogP contribution >= 0.6 is 11.6 Å². The average molecular weight is 244 g/mol. The first-order valence-electron chi connectivity index (χ1n) is 5.34. The van der Waals surface area contributed by atoms with E-state index in [1.54, 1.807) is 12.3 Å². The second-order valence-electron chi connectivity index (χ2n) is 4.15. The fourth-order valence-corrected chi connectivity index (χ4v) is 1.62. The highest BCUT2D eigenvalue weighted by atomic mass is 35.5. The molecule has 1 aromatic rings. The van der Waals surface area contributed by atoms with Crippen LogP contribution in [0.1, 0.15) is 37.3 Å². The third kappa shape index (κ3) is 3.00. The number of hydrogen-bond acceptors (Lipinski definition) is 2. The Labute approximate surface area is 101 Å². The minimum atomic E-state index is -0.140. The molecule has 0 saturated heterocycles. The van der Waals surface area contributed by atoms with Gasteiger partial charge in [-0.2, -0.15) is 0 Å². The molecule has 1 amide bonds. The molecule has 4 nitrogen and oxygen atoms in total. The van der Waals surface area contributed by atoms with Crippen molar-refractivity contribution in [3.05, 3.63) is 23.0 Å². The fourth-order valence-electron chi connectivity index (χ4n) is 1.41. The van der Waals surface area contributed by atoms with Crippen molar-refractivity contribution < 1.29 is 4.79 Å². The van der Waals surface area contributed by atoms with Crippen LogP contribution in [0.5, 0.6) is 0 Å². The number of amides is 1. The van der Waals surface area contributed by atoms with Gasteiger partial charge in [0.05, 0.1) is 5.02 Å². The van der Waals surface area contributed by atoms with Gasteiger partial charge in [0.15, 0.2) is 0 Å². The molecule has 90 valence electrons. The van der Waals surface area contributed by atoms with E-state index in [4.69, 9.17) is 17.3 Å². The first-order chi connectivity index (χ1) is 7.45. The first kappa shape index (κ1) is 13.1. The molecule has 16 heavy (non-hydrogen) atoms. The Hall–Kier alpha value is -1.00. The van der Waals surface area contributed by atoms with Crippen molar-refractivity contribution in [2.75, 3.05) is 6.54 Å². The molecule has 1 rings (SSSR count). The quantitative estimate of drug-likeness (QED) is 0.847. The minimum Gasteiger partial charge on any atom is -0.347 e. The summed E-state index contributed by atoms with van der Waals surface area (Å²) in [5.74, 6) is -0.140. The van der Waals surface area contributed by atoms with Crippen LogP contribution in [-0.4, -0.2) is 23.1 Å². The van der Waals surface area contributed by atoms with Gasteiger partial charge >= 0.3 is 0 Å². The van der Waals surface area contributed by atoms with Crippen LogP contribution in [0, 0.1) is 0 Å². The monoisotopic (exact) mass is 243 g/mol. The number of nitrogens with two attached hydrogens (primary N) is 1. The number of halogens is 1. The number of aromatic nitrogens is 1. The van der Waals surface area contributed by atoms with Crippen LogP contribution in [-0.2, 0) is 0 Å². The highest BCUT2D eigenvalue weighted by Gasteiger charge is 2.16. The second-order valence-corrected chi connectivity index (χ2v) is 4.59. The van der Waals surface area contributed by atoms with Gasteiger partial charge in [-0.3, -0.25) is 4.79 Å². The predicted octanol–water partition coefficient (Wildman–Crippen LogP) is 1.80. The fraction of sp³-hybridized carbons (Fsp3) is 0.545. The highest BCUT2D eigenvalue weighted by molar-refractivity contribution is 6.31. The van der Waals surface area contributed by atoms with Gasteiger partial charge in [-0.15, -0.1) is 0 Å². The lowest BCUT2D eigenvalue weighted by Crippen LogP contribution is -2.38. The SMILES string of the molecule is CC(C)n1cc(Cl)cc1C(=O)N[C@H](C)CN. The molecule has 0 aliphatic rings. The topological polar surface area (TPSA) is 60.0 Å². The normalized spacial score (nSPS) is 12.9. The Morgan fingerprint density at radius 1 is 1.56 bits per heavy atom. The summed E-state index contributed by atoms with van der Waals surface area (Å²) in [6.07, 6.45) is 1.76. The van der Waals surface area contributed by atoms with Crippen LogP contribution in [0.25, 0.3) is 0 Å². The maximum atomic E-state index is 11.9.